The second kappa shape index (κ2) is 10.7. The van der Waals surface area contributed by atoms with Crippen molar-refractivity contribution in [1.29, 1.82) is 0 Å². The zero-order valence-electron chi connectivity index (χ0n) is 11.5. The minimum absolute atomic E-state index is 0.612. The van der Waals surface area contributed by atoms with Crippen LogP contribution in [0.2, 0.25) is 0 Å². The van der Waals surface area contributed by atoms with Gasteiger partial charge in [0.15, 0.2) is 0 Å². The zero-order valence-corrected chi connectivity index (χ0v) is 14.7. The van der Waals surface area contributed by atoms with Gasteiger partial charge in [-0.2, -0.15) is 0 Å². The fraction of sp³-hybridized carbons (Fsp3) is 0.125. The molecule has 0 unspecified atom stereocenters. The Balaban J connectivity index is 0.000000235. The molecule has 21 heavy (non-hydrogen) atoms. The van der Waals surface area contributed by atoms with Crippen LogP contribution in [0.25, 0.3) is 4.91 Å². The predicted molar refractivity (Wildman–Crippen MR) is 99.0 cm³/mol. The molecule has 5 heteroatoms. The average molecular weight is 386 g/mol. The molecule has 0 aliphatic rings. The summed E-state index contributed by atoms with van der Waals surface area (Å²) in [5.74, 6) is 0.612. The third-order valence-corrected chi connectivity index (χ3v) is 4.25. The van der Waals surface area contributed by atoms with Crippen LogP contribution in [-0.4, -0.2) is 0 Å². The van der Waals surface area contributed by atoms with E-state index in [0.29, 0.717) is 5.88 Å². The minimum atomic E-state index is 0.612. The van der Waals surface area contributed by atoms with E-state index in [9.17, 15) is 0 Å². The lowest BCUT2D eigenvalue weighted by Gasteiger charge is -2.03. The van der Waals surface area contributed by atoms with Crippen LogP contribution in [-0.2, 0) is 11.2 Å². The first kappa shape index (κ1) is 18.1. The normalized spacial score (nSPS) is 10.7. The van der Waals surface area contributed by atoms with Gasteiger partial charge in [0.2, 0.25) is 0 Å². The van der Waals surface area contributed by atoms with Crippen molar-refractivity contribution in [1.82, 2.24) is 0 Å². The number of hydrogen-bond acceptors (Lipinski definition) is 3. The lowest BCUT2D eigenvalue weighted by molar-refractivity contribution is 1.41. The highest BCUT2D eigenvalue weighted by atomic mass is 79.9. The average Bonchev–Trinajstić information content (AvgIpc) is 2.58. The number of alkyl halides is 2. The van der Waals surface area contributed by atoms with Crippen molar-refractivity contribution >= 4 is 44.4 Å². The van der Waals surface area contributed by atoms with E-state index in [2.05, 4.69) is 15.9 Å². The molecular formula is C16H18BrClN2S. The molecule has 0 aromatic heterocycles. The molecule has 0 radical (unpaired) electrons. The van der Waals surface area contributed by atoms with Crippen LogP contribution in [0.5, 0.6) is 0 Å². The standard InChI is InChI=1S/C9H11BrN2S.C7H7Cl/c10-5-7-1-3-8(4-2-7)9(6-11)13-12;8-6-7-4-2-1-3-5-7/h1-4,6H,5,11-12H2;1-5H,6H2/b9-6-;. The maximum Gasteiger partial charge on any atom is 0.0474 e. The molecule has 0 heterocycles. The van der Waals surface area contributed by atoms with E-state index in [1.165, 1.54) is 17.3 Å². The first-order valence-corrected chi connectivity index (χ1v) is 8.82. The Labute approximate surface area is 143 Å². The van der Waals surface area contributed by atoms with Gasteiger partial charge >= 0.3 is 0 Å². The Morgan fingerprint density at radius 2 is 1.67 bits per heavy atom. The fourth-order valence-electron chi connectivity index (χ4n) is 1.53. The molecule has 0 aliphatic heterocycles. The van der Waals surface area contributed by atoms with Crippen molar-refractivity contribution in [3.05, 3.63) is 77.5 Å². The third kappa shape index (κ3) is 6.57. The third-order valence-electron chi connectivity index (χ3n) is 2.67. The van der Waals surface area contributed by atoms with Crippen molar-refractivity contribution in [2.45, 2.75) is 11.2 Å². The summed E-state index contributed by atoms with van der Waals surface area (Å²) in [5.41, 5.74) is 8.88. The highest BCUT2D eigenvalue weighted by molar-refractivity contribution is 9.08. The fourth-order valence-corrected chi connectivity index (χ4v) is 2.43. The molecule has 0 amide bonds. The van der Waals surface area contributed by atoms with E-state index in [-0.39, 0.29) is 0 Å². The van der Waals surface area contributed by atoms with Crippen LogP contribution < -0.4 is 10.9 Å². The van der Waals surface area contributed by atoms with Crippen LogP contribution >= 0.6 is 39.5 Å². The van der Waals surface area contributed by atoms with Gasteiger partial charge < -0.3 is 5.73 Å². The van der Waals surface area contributed by atoms with E-state index in [0.717, 1.165) is 27.7 Å². The lowest BCUT2D eigenvalue weighted by Crippen LogP contribution is -1.90. The van der Waals surface area contributed by atoms with Gasteiger partial charge in [-0.05, 0) is 28.6 Å². The molecule has 2 aromatic rings. The Kier molecular flexibility index (Phi) is 9.26. The van der Waals surface area contributed by atoms with Gasteiger partial charge in [0.05, 0.1) is 0 Å². The number of benzene rings is 2. The van der Waals surface area contributed by atoms with Crippen molar-refractivity contribution in [2.24, 2.45) is 10.9 Å². The van der Waals surface area contributed by atoms with Crippen molar-refractivity contribution in [3.63, 3.8) is 0 Å². The molecule has 0 spiro atoms. The number of nitrogens with two attached hydrogens (primary N) is 2. The molecular weight excluding hydrogens is 368 g/mol. The minimum Gasteiger partial charge on any atom is -0.404 e. The van der Waals surface area contributed by atoms with Gasteiger partial charge in [0.1, 0.15) is 0 Å². The molecule has 0 atom stereocenters. The molecule has 2 aromatic carbocycles. The summed E-state index contributed by atoms with van der Waals surface area (Å²) in [6.07, 6.45) is 1.52. The molecule has 112 valence electrons. The van der Waals surface area contributed by atoms with Gasteiger partial charge in [-0.15, -0.1) is 11.6 Å². The molecule has 2 nitrogen and oxygen atoms in total. The van der Waals surface area contributed by atoms with E-state index in [4.69, 9.17) is 22.5 Å². The smallest absolute Gasteiger partial charge is 0.0474 e. The molecule has 4 N–H and O–H groups in total. The van der Waals surface area contributed by atoms with Crippen LogP contribution in [0.1, 0.15) is 16.7 Å². The van der Waals surface area contributed by atoms with E-state index >= 15 is 0 Å². The van der Waals surface area contributed by atoms with Crippen LogP contribution in [0.15, 0.2) is 60.8 Å². The highest BCUT2D eigenvalue weighted by Crippen LogP contribution is 2.22. The molecule has 0 saturated carbocycles. The zero-order chi connectivity index (χ0) is 15.5. The van der Waals surface area contributed by atoms with Crippen LogP contribution in [0, 0.1) is 0 Å². The summed E-state index contributed by atoms with van der Waals surface area (Å²) in [6, 6.07) is 18.1. The van der Waals surface area contributed by atoms with E-state index in [1.807, 2.05) is 54.6 Å². The molecule has 0 aliphatic carbocycles. The van der Waals surface area contributed by atoms with Gasteiger partial charge in [-0.3, -0.25) is 5.14 Å². The van der Waals surface area contributed by atoms with Crippen molar-refractivity contribution in [3.8, 4) is 0 Å². The van der Waals surface area contributed by atoms with E-state index < -0.39 is 0 Å². The van der Waals surface area contributed by atoms with Crippen LogP contribution in [0.3, 0.4) is 0 Å². The topological polar surface area (TPSA) is 52.0 Å². The van der Waals surface area contributed by atoms with Gasteiger partial charge in [-0.25, -0.2) is 0 Å². The Morgan fingerprint density at radius 3 is 2.05 bits per heavy atom. The highest BCUT2D eigenvalue weighted by Gasteiger charge is 1.99. The largest absolute Gasteiger partial charge is 0.404 e. The first-order chi connectivity index (χ1) is 10.2. The maximum absolute atomic E-state index is 5.53. The summed E-state index contributed by atoms with van der Waals surface area (Å²) in [7, 11) is 0. The Morgan fingerprint density at radius 1 is 1.05 bits per heavy atom. The van der Waals surface area contributed by atoms with Gasteiger partial charge in [0.25, 0.3) is 0 Å². The number of rotatable bonds is 4. The monoisotopic (exact) mass is 384 g/mol. The van der Waals surface area contributed by atoms with Gasteiger partial charge in [-0.1, -0.05) is 70.5 Å². The molecule has 0 bridgehead atoms. The van der Waals surface area contributed by atoms with Crippen LogP contribution in [0.4, 0.5) is 0 Å². The quantitative estimate of drug-likeness (QED) is 0.583. The summed E-state index contributed by atoms with van der Waals surface area (Å²) in [6.45, 7) is 0. The molecule has 0 fully saturated rings. The van der Waals surface area contributed by atoms with E-state index in [1.54, 1.807) is 0 Å². The summed E-state index contributed by atoms with van der Waals surface area (Å²) in [5, 5.41) is 6.31. The maximum atomic E-state index is 5.53. The summed E-state index contributed by atoms with van der Waals surface area (Å²) >= 11 is 10.1. The number of hydrogen-bond donors (Lipinski definition) is 2. The molecule has 0 saturated heterocycles. The Hall–Kier alpha value is -0.940. The second-order valence-corrected chi connectivity index (χ2v) is 5.60. The SMILES string of the molecule is ClCc1ccccc1.N/C=C(\SN)c1ccc(CBr)cc1. The number of halogens is 2. The second-order valence-electron chi connectivity index (χ2n) is 4.10. The van der Waals surface area contributed by atoms with Crippen molar-refractivity contribution < 1.29 is 0 Å². The molecule has 2 rings (SSSR count). The Bertz CT molecular complexity index is 544. The van der Waals surface area contributed by atoms with Gasteiger partial charge in [0, 0.05) is 22.3 Å². The lowest BCUT2D eigenvalue weighted by atomic mass is 10.1. The van der Waals surface area contributed by atoms with Crippen molar-refractivity contribution in [2.75, 3.05) is 0 Å². The summed E-state index contributed by atoms with van der Waals surface area (Å²) in [4.78, 5) is 0.890. The predicted octanol–water partition coefficient (Wildman–Crippen LogP) is 4.87. The summed E-state index contributed by atoms with van der Waals surface area (Å²) < 4.78 is 0. The first-order valence-electron chi connectivity index (χ1n) is 6.29.